The van der Waals surface area contributed by atoms with Gasteiger partial charge < -0.3 is 15.4 Å². The molecule has 0 bridgehead atoms. The number of benzene rings is 1. The van der Waals surface area contributed by atoms with Crippen LogP contribution in [0.5, 0.6) is 0 Å². The van der Waals surface area contributed by atoms with Crippen molar-refractivity contribution in [3.8, 4) is 0 Å². The van der Waals surface area contributed by atoms with Crippen molar-refractivity contribution in [1.29, 1.82) is 0 Å². The largest absolute Gasteiger partial charge is 0.380 e. The molecule has 1 amide bonds. The zero-order chi connectivity index (χ0) is 13.7. The van der Waals surface area contributed by atoms with E-state index in [0.717, 1.165) is 13.0 Å². The second kappa shape index (κ2) is 6.68. The summed E-state index contributed by atoms with van der Waals surface area (Å²) >= 11 is 0. The molecule has 0 saturated carbocycles. The summed E-state index contributed by atoms with van der Waals surface area (Å²) in [5, 5.41) is 6.19. The lowest BCUT2D eigenvalue weighted by Gasteiger charge is -2.15. The standard InChI is InChI=1S/C15H22N2O2/c1-11(12-6-4-3-5-7-12)9-17-15(18)14-8-13(19-2)10-16-14/h3-7,11,13-14,16H,8-10H2,1-2H3,(H,17,18). The summed E-state index contributed by atoms with van der Waals surface area (Å²) in [6.45, 7) is 3.54. The quantitative estimate of drug-likeness (QED) is 0.840. The molecule has 3 atom stereocenters. The van der Waals surface area contributed by atoms with Crippen LogP contribution in [0.15, 0.2) is 30.3 Å². The topological polar surface area (TPSA) is 50.4 Å². The molecule has 1 heterocycles. The van der Waals surface area contributed by atoms with Gasteiger partial charge in [-0.05, 0) is 17.9 Å². The van der Waals surface area contributed by atoms with Crippen LogP contribution >= 0.6 is 0 Å². The van der Waals surface area contributed by atoms with E-state index in [-0.39, 0.29) is 18.1 Å². The minimum Gasteiger partial charge on any atom is -0.380 e. The van der Waals surface area contributed by atoms with Crippen LogP contribution in [0.3, 0.4) is 0 Å². The Balaban J connectivity index is 1.78. The molecule has 4 nitrogen and oxygen atoms in total. The summed E-state index contributed by atoms with van der Waals surface area (Å²) in [5.41, 5.74) is 1.25. The third kappa shape index (κ3) is 3.78. The predicted octanol–water partition coefficient (Wildman–Crippen LogP) is 1.28. The maximum absolute atomic E-state index is 12.0. The average molecular weight is 262 g/mol. The monoisotopic (exact) mass is 262 g/mol. The molecule has 3 unspecified atom stereocenters. The van der Waals surface area contributed by atoms with Gasteiger partial charge in [-0.3, -0.25) is 4.79 Å². The number of hydrogen-bond donors (Lipinski definition) is 2. The molecule has 1 aromatic carbocycles. The Bertz CT molecular complexity index is 408. The zero-order valence-electron chi connectivity index (χ0n) is 11.6. The fourth-order valence-corrected chi connectivity index (χ4v) is 2.36. The highest BCUT2D eigenvalue weighted by Crippen LogP contribution is 2.14. The molecule has 0 aliphatic carbocycles. The predicted molar refractivity (Wildman–Crippen MR) is 75.1 cm³/mol. The lowest BCUT2D eigenvalue weighted by molar-refractivity contribution is -0.123. The van der Waals surface area contributed by atoms with Gasteiger partial charge in [-0.25, -0.2) is 0 Å². The highest BCUT2D eigenvalue weighted by Gasteiger charge is 2.29. The van der Waals surface area contributed by atoms with Crippen molar-refractivity contribution in [1.82, 2.24) is 10.6 Å². The molecule has 1 aromatic rings. The first kappa shape index (κ1) is 14.0. The smallest absolute Gasteiger partial charge is 0.237 e. The summed E-state index contributed by atoms with van der Waals surface area (Å²) in [6, 6.07) is 10.1. The Labute approximate surface area is 114 Å². The molecular formula is C15H22N2O2. The second-order valence-corrected chi connectivity index (χ2v) is 5.11. The van der Waals surface area contributed by atoms with Crippen molar-refractivity contribution in [2.75, 3.05) is 20.2 Å². The van der Waals surface area contributed by atoms with Gasteiger partial charge in [0.1, 0.15) is 0 Å². The Morgan fingerprint density at radius 3 is 2.84 bits per heavy atom. The summed E-state index contributed by atoms with van der Waals surface area (Å²) in [6.07, 6.45) is 0.907. The first-order valence-electron chi connectivity index (χ1n) is 6.79. The molecule has 2 rings (SSSR count). The first-order chi connectivity index (χ1) is 9.20. The van der Waals surface area contributed by atoms with Gasteiger partial charge in [-0.1, -0.05) is 37.3 Å². The van der Waals surface area contributed by atoms with Gasteiger partial charge in [0.2, 0.25) is 5.91 Å². The molecule has 4 heteroatoms. The number of nitrogens with one attached hydrogen (secondary N) is 2. The van der Waals surface area contributed by atoms with E-state index in [0.29, 0.717) is 12.5 Å². The van der Waals surface area contributed by atoms with Crippen LogP contribution in [-0.2, 0) is 9.53 Å². The van der Waals surface area contributed by atoms with E-state index < -0.39 is 0 Å². The Morgan fingerprint density at radius 1 is 1.47 bits per heavy atom. The molecule has 0 spiro atoms. The summed E-state index contributed by atoms with van der Waals surface area (Å²) < 4.78 is 5.24. The van der Waals surface area contributed by atoms with E-state index in [9.17, 15) is 4.79 Å². The van der Waals surface area contributed by atoms with Gasteiger partial charge in [0, 0.05) is 20.2 Å². The molecule has 0 radical (unpaired) electrons. The van der Waals surface area contributed by atoms with Gasteiger partial charge >= 0.3 is 0 Å². The van der Waals surface area contributed by atoms with Gasteiger partial charge in [0.25, 0.3) is 0 Å². The van der Waals surface area contributed by atoms with Crippen LogP contribution in [0.25, 0.3) is 0 Å². The minimum absolute atomic E-state index is 0.0716. The molecule has 0 aromatic heterocycles. The van der Waals surface area contributed by atoms with Gasteiger partial charge in [0.15, 0.2) is 0 Å². The molecule has 1 saturated heterocycles. The first-order valence-corrected chi connectivity index (χ1v) is 6.79. The summed E-state index contributed by atoms with van der Waals surface area (Å²) in [7, 11) is 1.68. The highest BCUT2D eigenvalue weighted by atomic mass is 16.5. The SMILES string of the molecule is COC1CNC(C(=O)NCC(C)c2ccccc2)C1. The van der Waals surface area contributed by atoms with Crippen LogP contribution in [0.1, 0.15) is 24.8 Å². The van der Waals surface area contributed by atoms with E-state index >= 15 is 0 Å². The lowest BCUT2D eigenvalue weighted by atomic mass is 10.0. The maximum Gasteiger partial charge on any atom is 0.237 e. The molecule has 19 heavy (non-hydrogen) atoms. The number of ether oxygens (including phenoxy) is 1. The molecule has 1 aliphatic heterocycles. The summed E-state index contributed by atoms with van der Waals surface area (Å²) in [4.78, 5) is 12.0. The van der Waals surface area contributed by atoms with Crippen molar-refractivity contribution < 1.29 is 9.53 Å². The lowest BCUT2D eigenvalue weighted by Crippen LogP contribution is -2.41. The van der Waals surface area contributed by atoms with Crippen molar-refractivity contribution in [3.63, 3.8) is 0 Å². The van der Waals surface area contributed by atoms with Crippen molar-refractivity contribution >= 4 is 5.91 Å². The number of carbonyl (C=O) groups excluding carboxylic acids is 1. The number of rotatable bonds is 5. The van der Waals surface area contributed by atoms with Crippen molar-refractivity contribution in [3.05, 3.63) is 35.9 Å². The fourth-order valence-electron chi connectivity index (χ4n) is 2.36. The minimum atomic E-state index is -0.118. The fraction of sp³-hybridized carbons (Fsp3) is 0.533. The second-order valence-electron chi connectivity index (χ2n) is 5.11. The van der Waals surface area contributed by atoms with E-state index in [1.54, 1.807) is 7.11 Å². The molecule has 2 N–H and O–H groups in total. The van der Waals surface area contributed by atoms with Crippen LogP contribution in [0, 0.1) is 0 Å². The summed E-state index contributed by atoms with van der Waals surface area (Å²) in [5.74, 6) is 0.395. The van der Waals surface area contributed by atoms with E-state index in [1.807, 2.05) is 18.2 Å². The van der Waals surface area contributed by atoms with Gasteiger partial charge in [0.05, 0.1) is 12.1 Å². The van der Waals surface area contributed by atoms with Crippen molar-refractivity contribution in [2.45, 2.75) is 31.4 Å². The number of amides is 1. The van der Waals surface area contributed by atoms with Crippen LogP contribution in [0.4, 0.5) is 0 Å². The van der Waals surface area contributed by atoms with E-state index in [4.69, 9.17) is 4.74 Å². The molecule has 104 valence electrons. The third-order valence-electron chi connectivity index (χ3n) is 3.69. The molecule has 1 aliphatic rings. The Hall–Kier alpha value is -1.39. The molecular weight excluding hydrogens is 240 g/mol. The van der Waals surface area contributed by atoms with Crippen molar-refractivity contribution in [2.24, 2.45) is 0 Å². The number of methoxy groups -OCH3 is 1. The van der Waals surface area contributed by atoms with E-state index in [1.165, 1.54) is 5.56 Å². The maximum atomic E-state index is 12.0. The zero-order valence-corrected chi connectivity index (χ0v) is 11.6. The third-order valence-corrected chi connectivity index (χ3v) is 3.69. The number of carbonyl (C=O) groups is 1. The van der Waals surface area contributed by atoms with Crippen LogP contribution in [0.2, 0.25) is 0 Å². The average Bonchev–Trinajstić information content (AvgIpc) is 2.94. The highest BCUT2D eigenvalue weighted by molar-refractivity contribution is 5.82. The van der Waals surface area contributed by atoms with Crippen LogP contribution in [-0.4, -0.2) is 38.3 Å². The van der Waals surface area contributed by atoms with Gasteiger partial charge in [-0.2, -0.15) is 0 Å². The number of hydrogen-bond acceptors (Lipinski definition) is 3. The van der Waals surface area contributed by atoms with E-state index in [2.05, 4.69) is 29.7 Å². The van der Waals surface area contributed by atoms with Crippen LogP contribution < -0.4 is 10.6 Å². The normalized spacial score (nSPS) is 24.1. The van der Waals surface area contributed by atoms with Gasteiger partial charge in [-0.15, -0.1) is 0 Å². The Morgan fingerprint density at radius 2 is 2.21 bits per heavy atom. The molecule has 1 fully saturated rings. The Kier molecular flexibility index (Phi) is 4.93.